The fraction of sp³-hybridized carbons (Fsp3) is 0.403. The standard InChI is InChI=1S/C26H28F3N5O.2C23H23F3N6O/c1-14-22(15(2)35-34-14)17-6-7-19-16(9-17)5-8-20(19)23-21(26(27,28)29)12-31-24(33-23)32-18-10-25(3,4)13-30-11-18;1-12-20(13(2)33-32-12)19-8-5-15-16(6-7-18(15)30-19)21-17(23(24,25)26)11-28-22(31-21)29-14-4-3-9-27-10-14;1-12-19(13(2)33-32-12)14-5-6-17-15(8-14)9-28-20(17)21-18(23(24,25)26)11-29-22(31-21)30-16-4-3-7-27-10-16/h6-9,12,18,30H,5,10-11,13H2,1-4H3,(H,31,32,33);5-6,8,11,14,27H,3-4,7,9-10H2,1-2H3,(H,28,29,31);5-6,8,11,16,27H,3-4,7,9-10H2,1-2H3,(H,29,30,31)/t18-;14-;16-/m000/s1. The van der Waals surface area contributed by atoms with Crippen molar-refractivity contribution in [3.8, 4) is 33.5 Å². The van der Waals surface area contributed by atoms with Crippen LogP contribution in [0.2, 0.25) is 0 Å². The van der Waals surface area contributed by atoms with Crippen LogP contribution in [-0.4, -0.2) is 113 Å². The number of hydrogen-bond donors (Lipinski definition) is 6. The minimum absolute atomic E-state index is 0.0331. The molecular formula is C72H74F9N17O3. The number of benzene rings is 2. The fourth-order valence-corrected chi connectivity index (χ4v) is 14.1. The predicted octanol–water partition coefficient (Wildman–Crippen LogP) is 14.2. The van der Waals surface area contributed by atoms with Gasteiger partial charge in [-0.2, -0.15) is 39.5 Å². The Balaban J connectivity index is 0.000000136. The highest BCUT2D eigenvalue weighted by molar-refractivity contribution is 6.15. The summed E-state index contributed by atoms with van der Waals surface area (Å²) in [5.74, 6) is 2.62. The van der Waals surface area contributed by atoms with Crippen molar-refractivity contribution >= 4 is 34.7 Å². The van der Waals surface area contributed by atoms with Crippen molar-refractivity contribution in [1.82, 2.24) is 66.3 Å². The highest BCUT2D eigenvalue weighted by Gasteiger charge is 2.41. The first-order valence-electron chi connectivity index (χ1n) is 33.4. The lowest BCUT2D eigenvalue weighted by Gasteiger charge is -2.36. The van der Waals surface area contributed by atoms with Gasteiger partial charge in [-0.15, -0.1) is 0 Å². The molecule has 101 heavy (non-hydrogen) atoms. The van der Waals surface area contributed by atoms with Gasteiger partial charge in [-0.05, 0) is 139 Å². The molecule has 6 N–H and O–H groups in total. The van der Waals surface area contributed by atoms with Crippen LogP contribution in [0, 0.1) is 47.0 Å². The van der Waals surface area contributed by atoms with E-state index in [1.54, 1.807) is 31.2 Å². The van der Waals surface area contributed by atoms with Gasteiger partial charge in [0.05, 0.1) is 57.7 Å². The van der Waals surface area contributed by atoms with Gasteiger partial charge in [-0.1, -0.05) is 77.9 Å². The molecule has 15 rings (SSSR count). The summed E-state index contributed by atoms with van der Waals surface area (Å²) < 4.78 is 141. The molecule has 6 aliphatic rings. The Morgan fingerprint density at radius 3 is 1.45 bits per heavy atom. The maximum absolute atomic E-state index is 14.0. The number of pyridine rings is 1. The monoisotopic (exact) mass is 1400 g/mol. The molecule has 0 spiro atoms. The average Bonchev–Trinajstić information content (AvgIpc) is 1.69. The average molecular weight is 1400 g/mol. The van der Waals surface area contributed by atoms with Crippen molar-refractivity contribution in [1.29, 1.82) is 0 Å². The van der Waals surface area contributed by atoms with Crippen molar-refractivity contribution in [2.24, 2.45) is 10.4 Å². The van der Waals surface area contributed by atoms with Crippen LogP contribution in [0.5, 0.6) is 0 Å². The molecule has 4 aliphatic heterocycles. The van der Waals surface area contributed by atoms with Gasteiger partial charge in [-0.3, -0.25) is 9.98 Å². The SMILES string of the molecule is Cc1noc(C)c1-c1ccc2c(c1)CC=C2c1nc(N[C@@H]2CNCC(C)(C)C2)ncc1C(F)(F)F.Cc1noc(C)c1-c1ccc2c(c1)CN=C2c1nc(N[C@H]2CCCNC2)ncc1C(F)(F)F.Cc1noc(C)c1-c1ccc2c(n1)CC=C2c1nc(N[C@H]2CCCNC2)ncc1C(F)(F)F. The van der Waals surface area contributed by atoms with E-state index < -0.39 is 35.2 Å². The Morgan fingerprint density at radius 2 is 0.950 bits per heavy atom. The van der Waals surface area contributed by atoms with E-state index in [9.17, 15) is 39.5 Å². The van der Waals surface area contributed by atoms with E-state index >= 15 is 0 Å². The number of nitrogens with zero attached hydrogens (tertiary/aromatic N) is 11. The zero-order chi connectivity index (χ0) is 71.3. The number of aryl methyl sites for hydroxylation is 6. The number of halogens is 9. The first-order valence-corrected chi connectivity index (χ1v) is 33.4. The summed E-state index contributed by atoms with van der Waals surface area (Å²) in [4.78, 5) is 34.1. The number of aromatic nitrogens is 10. The van der Waals surface area contributed by atoms with Crippen molar-refractivity contribution in [2.45, 2.75) is 144 Å². The van der Waals surface area contributed by atoms with Gasteiger partial charge in [-0.25, -0.2) is 29.9 Å². The van der Waals surface area contributed by atoms with Crippen LogP contribution >= 0.6 is 0 Å². The Morgan fingerprint density at radius 1 is 0.495 bits per heavy atom. The summed E-state index contributed by atoms with van der Waals surface area (Å²) in [7, 11) is 0. The van der Waals surface area contributed by atoms with Crippen molar-refractivity contribution in [2.75, 3.05) is 55.2 Å². The summed E-state index contributed by atoms with van der Waals surface area (Å²) in [5, 5.41) is 31.5. The van der Waals surface area contributed by atoms with Gasteiger partial charge in [0.15, 0.2) is 0 Å². The Bertz CT molecular complexity index is 4440. The van der Waals surface area contributed by atoms with Crippen LogP contribution < -0.4 is 31.9 Å². The van der Waals surface area contributed by atoms with Crippen molar-refractivity contribution < 1.29 is 53.1 Å². The highest BCUT2D eigenvalue weighted by Crippen LogP contribution is 2.44. The van der Waals surface area contributed by atoms with Crippen LogP contribution in [0.1, 0.15) is 148 Å². The Hall–Kier alpha value is -9.74. The van der Waals surface area contributed by atoms with Crippen LogP contribution in [0.3, 0.4) is 0 Å². The Kier molecular flexibility index (Phi) is 19.3. The van der Waals surface area contributed by atoms with E-state index in [0.29, 0.717) is 82.6 Å². The molecule has 2 aliphatic carbocycles. The second-order valence-corrected chi connectivity index (χ2v) is 26.9. The van der Waals surface area contributed by atoms with E-state index in [-0.39, 0.29) is 70.7 Å². The molecule has 2 aromatic carbocycles. The van der Waals surface area contributed by atoms with E-state index in [2.05, 4.69) is 96.1 Å². The zero-order valence-corrected chi connectivity index (χ0v) is 56.7. The van der Waals surface area contributed by atoms with Gasteiger partial charge in [0, 0.05) is 103 Å². The second kappa shape index (κ2) is 28.0. The summed E-state index contributed by atoms with van der Waals surface area (Å²) >= 11 is 0. The summed E-state index contributed by atoms with van der Waals surface area (Å²) in [5.41, 5.74) is 10.1. The van der Waals surface area contributed by atoms with Gasteiger partial charge in [0.2, 0.25) is 17.8 Å². The lowest BCUT2D eigenvalue weighted by Crippen LogP contribution is -2.47. The number of fused-ring (bicyclic) bond motifs is 3. The lowest BCUT2D eigenvalue weighted by molar-refractivity contribution is -0.139. The number of allylic oxidation sites excluding steroid dienone is 2. The largest absolute Gasteiger partial charge is 0.420 e. The van der Waals surface area contributed by atoms with Crippen LogP contribution in [-0.2, 0) is 37.9 Å². The number of anilines is 3. The number of hydrogen-bond acceptors (Lipinski definition) is 20. The quantitative estimate of drug-likeness (QED) is 0.0622. The maximum atomic E-state index is 14.0. The minimum Gasteiger partial charge on any atom is -0.361 e. The normalized spacial score (nSPS) is 18.6. The molecule has 3 fully saturated rings. The van der Waals surface area contributed by atoms with E-state index in [4.69, 9.17) is 18.6 Å². The fourth-order valence-electron chi connectivity index (χ4n) is 14.1. The molecule has 7 aromatic heterocycles. The maximum Gasteiger partial charge on any atom is 0.420 e. The number of piperidine rings is 3. The van der Waals surface area contributed by atoms with Gasteiger partial charge in [0.25, 0.3) is 0 Å². The molecule has 3 atom stereocenters. The van der Waals surface area contributed by atoms with Gasteiger partial charge in [0.1, 0.15) is 39.7 Å². The van der Waals surface area contributed by atoms with Gasteiger partial charge >= 0.3 is 18.5 Å². The van der Waals surface area contributed by atoms with E-state index in [1.165, 1.54) is 0 Å². The third kappa shape index (κ3) is 15.0. The zero-order valence-electron chi connectivity index (χ0n) is 56.7. The van der Waals surface area contributed by atoms with Crippen LogP contribution in [0.4, 0.5) is 57.4 Å². The molecule has 0 saturated carbocycles. The molecule has 11 heterocycles. The lowest BCUT2D eigenvalue weighted by atomic mass is 9.83. The van der Waals surface area contributed by atoms with Crippen LogP contribution in [0.25, 0.3) is 44.7 Å². The molecule has 528 valence electrons. The van der Waals surface area contributed by atoms with Crippen molar-refractivity contribution in [3.63, 3.8) is 0 Å². The third-order valence-electron chi connectivity index (χ3n) is 18.8. The Labute approximate surface area is 575 Å². The number of rotatable bonds is 12. The molecule has 9 aromatic rings. The first-order chi connectivity index (χ1) is 48.1. The van der Waals surface area contributed by atoms with E-state index in [1.807, 2.05) is 71.0 Å². The smallest absolute Gasteiger partial charge is 0.361 e. The number of nitrogens with one attached hydrogen (secondary N) is 6. The highest BCUT2D eigenvalue weighted by atomic mass is 19.4. The molecule has 20 nitrogen and oxygen atoms in total. The molecule has 0 unspecified atom stereocenters. The molecule has 29 heteroatoms. The molecule has 0 bridgehead atoms. The summed E-state index contributed by atoms with van der Waals surface area (Å²) in [6, 6.07) is 15.1. The summed E-state index contributed by atoms with van der Waals surface area (Å²) in [6.45, 7) is 20.5. The number of alkyl halides is 9. The summed E-state index contributed by atoms with van der Waals surface area (Å²) in [6.07, 6.45) is -1.98. The third-order valence-corrected chi connectivity index (χ3v) is 18.8. The molecular weight excluding hydrogens is 1320 g/mol. The molecule has 0 amide bonds. The van der Waals surface area contributed by atoms with Crippen molar-refractivity contribution in [3.05, 3.63) is 181 Å². The second-order valence-electron chi connectivity index (χ2n) is 26.9. The van der Waals surface area contributed by atoms with Gasteiger partial charge < -0.3 is 45.5 Å². The predicted molar refractivity (Wildman–Crippen MR) is 362 cm³/mol. The first kappa shape index (κ1) is 69.7. The van der Waals surface area contributed by atoms with E-state index in [0.717, 1.165) is 133 Å². The topological polar surface area (TPSA) is 253 Å². The van der Waals surface area contributed by atoms with Crippen LogP contribution in [0.15, 0.2) is 97.8 Å². The molecule has 3 saturated heterocycles. The number of aliphatic imine (C=N–C) groups is 1. The minimum atomic E-state index is -4.60. The molecule has 0 radical (unpaired) electrons.